The van der Waals surface area contributed by atoms with Gasteiger partial charge in [0.05, 0.1) is 12.7 Å². The normalized spacial score (nSPS) is 33.5. The van der Waals surface area contributed by atoms with E-state index in [1.54, 1.807) is 0 Å². The van der Waals surface area contributed by atoms with Crippen LogP contribution < -0.4 is 0 Å². The predicted molar refractivity (Wildman–Crippen MR) is 58.8 cm³/mol. The summed E-state index contributed by atoms with van der Waals surface area (Å²) in [7, 11) is 0. The minimum absolute atomic E-state index is 0.320. The summed E-state index contributed by atoms with van der Waals surface area (Å²) in [5.74, 6) is 0.801. The standard InChI is InChI=1S/C12H21NO2/c1-2-11-9-13(6-7-15-11)8-10-4-3-5-12(10)14/h10-11H,2-9H2,1H3. The molecule has 15 heavy (non-hydrogen) atoms. The summed E-state index contributed by atoms with van der Waals surface area (Å²) in [6, 6.07) is 0. The highest BCUT2D eigenvalue weighted by molar-refractivity contribution is 5.83. The summed E-state index contributed by atoms with van der Waals surface area (Å²) < 4.78 is 5.62. The van der Waals surface area contributed by atoms with Gasteiger partial charge in [-0.05, 0) is 19.3 Å². The number of carbonyl (C=O) groups excluding carboxylic acids is 1. The zero-order chi connectivity index (χ0) is 10.7. The molecule has 0 aromatic heterocycles. The number of ketones is 1. The SMILES string of the molecule is CCC1CN(CC2CCCC2=O)CCO1. The molecule has 1 aliphatic heterocycles. The number of carbonyl (C=O) groups is 1. The molecule has 0 bridgehead atoms. The van der Waals surface area contributed by atoms with Crippen LogP contribution in [0.3, 0.4) is 0 Å². The van der Waals surface area contributed by atoms with Crippen LogP contribution in [0, 0.1) is 5.92 Å². The van der Waals surface area contributed by atoms with Gasteiger partial charge in [-0.2, -0.15) is 0 Å². The molecule has 3 nitrogen and oxygen atoms in total. The van der Waals surface area contributed by atoms with Gasteiger partial charge >= 0.3 is 0 Å². The molecule has 86 valence electrons. The Bertz CT molecular complexity index is 230. The van der Waals surface area contributed by atoms with Crippen molar-refractivity contribution in [1.29, 1.82) is 0 Å². The third-order valence-electron chi connectivity index (χ3n) is 3.59. The number of hydrogen-bond donors (Lipinski definition) is 0. The van der Waals surface area contributed by atoms with Crippen LogP contribution in [0.2, 0.25) is 0 Å². The number of nitrogens with zero attached hydrogens (tertiary/aromatic N) is 1. The first kappa shape index (κ1) is 11.1. The third kappa shape index (κ3) is 2.79. The van der Waals surface area contributed by atoms with Gasteiger partial charge in [0.1, 0.15) is 5.78 Å². The monoisotopic (exact) mass is 211 g/mol. The lowest BCUT2D eigenvalue weighted by Gasteiger charge is -2.33. The molecule has 0 N–H and O–H groups in total. The second-order valence-corrected chi connectivity index (χ2v) is 4.72. The first-order valence-electron chi connectivity index (χ1n) is 6.16. The molecule has 1 saturated heterocycles. The van der Waals surface area contributed by atoms with E-state index in [2.05, 4.69) is 11.8 Å². The van der Waals surface area contributed by atoms with Crippen molar-refractivity contribution in [1.82, 2.24) is 4.90 Å². The van der Waals surface area contributed by atoms with Crippen LogP contribution in [-0.2, 0) is 9.53 Å². The molecule has 3 heteroatoms. The molecule has 1 aliphatic carbocycles. The van der Waals surface area contributed by atoms with Gasteiger partial charge in [0.25, 0.3) is 0 Å². The summed E-state index contributed by atoms with van der Waals surface area (Å²) in [5.41, 5.74) is 0. The Balaban J connectivity index is 1.80. The van der Waals surface area contributed by atoms with Crippen molar-refractivity contribution in [2.24, 2.45) is 5.92 Å². The number of rotatable bonds is 3. The number of Topliss-reactive ketones (excluding diaryl/α,β-unsaturated/α-hetero) is 1. The third-order valence-corrected chi connectivity index (χ3v) is 3.59. The van der Waals surface area contributed by atoms with E-state index in [9.17, 15) is 4.79 Å². The van der Waals surface area contributed by atoms with Crippen LogP contribution in [-0.4, -0.2) is 43.0 Å². The van der Waals surface area contributed by atoms with Gasteiger partial charge in [0.15, 0.2) is 0 Å². The smallest absolute Gasteiger partial charge is 0.137 e. The Hall–Kier alpha value is -0.410. The van der Waals surface area contributed by atoms with Crippen molar-refractivity contribution in [3.8, 4) is 0 Å². The van der Waals surface area contributed by atoms with Gasteiger partial charge in [0, 0.05) is 32.0 Å². The van der Waals surface area contributed by atoms with Gasteiger partial charge in [0.2, 0.25) is 0 Å². The zero-order valence-corrected chi connectivity index (χ0v) is 9.58. The van der Waals surface area contributed by atoms with Crippen LogP contribution in [0.25, 0.3) is 0 Å². The summed E-state index contributed by atoms with van der Waals surface area (Å²) in [4.78, 5) is 13.9. The van der Waals surface area contributed by atoms with E-state index in [0.29, 0.717) is 17.8 Å². The van der Waals surface area contributed by atoms with Crippen molar-refractivity contribution in [2.75, 3.05) is 26.2 Å². The molecule has 2 fully saturated rings. The van der Waals surface area contributed by atoms with Crippen LogP contribution in [0.1, 0.15) is 32.6 Å². The molecule has 0 aromatic rings. The summed E-state index contributed by atoms with van der Waals surface area (Å²) in [6.45, 7) is 5.98. The molecule has 2 atom stereocenters. The molecular formula is C12H21NO2. The van der Waals surface area contributed by atoms with Gasteiger partial charge < -0.3 is 4.74 Å². The average molecular weight is 211 g/mol. The first-order valence-corrected chi connectivity index (χ1v) is 6.16. The Kier molecular flexibility index (Phi) is 3.76. The molecule has 0 aromatic carbocycles. The molecule has 2 aliphatic rings. The quantitative estimate of drug-likeness (QED) is 0.708. The highest BCUT2D eigenvalue weighted by Crippen LogP contribution is 2.23. The van der Waals surface area contributed by atoms with E-state index in [1.807, 2.05) is 0 Å². The van der Waals surface area contributed by atoms with Crippen LogP contribution in [0.5, 0.6) is 0 Å². The van der Waals surface area contributed by atoms with E-state index in [1.165, 1.54) is 0 Å². The summed E-state index contributed by atoms with van der Waals surface area (Å²) >= 11 is 0. The lowest BCUT2D eigenvalue weighted by atomic mass is 10.1. The lowest BCUT2D eigenvalue weighted by Crippen LogP contribution is -2.44. The molecule has 0 spiro atoms. The minimum Gasteiger partial charge on any atom is -0.376 e. The van der Waals surface area contributed by atoms with Gasteiger partial charge in [-0.15, -0.1) is 0 Å². The highest BCUT2D eigenvalue weighted by atomic mass is 16.5. The topological polar surface area (TPSA) is 29.5 Å². The molecule has 2 rings (SSSR count). The zero-order valence-electron chi connectivity index (χ0n) is 9.58. The van der Waals surface area contributed by atoms with E-state index in [4.69, 9.17) is 4.74 Å². The Morgan fingerprint density at radius 1 is 1.53 bits per heavy atom. The van der Waals surface area contributed by atoms with Crippen molar-refractivity contribution in [3.05, 3.63) is 0 Å². The maximum Gasteiger partial charge on any atom is 0.137 e. The Morgan fingerprint density at radius 2 is 2.40 bits per heavy atom. The second-order valence-electron chi connectivity index (χ2n) is 4.72. The maximum absolute atomic E-state index is 11.5. The van der Waals surface area contributed by atoms with Gasteiger partial charge in [-0.25, -0.2) is 0 Å². The number of hydrogen-bond acceptors (Lipinski definition) is 3. The minimum atomic E-state index is 0.320. The van der Waals surface area contributed by atoms with Crippen molar-refractivity contribution in [3.63, 3.8) is 0 Å². The molecule has 1 saturated carbocycles. The van der Waals surface area contributed by atoms with E-state index >= 15 is 0 Å². The lowest BCUT2D eigenvalue weighted by molar-refractivity contribution is -0.122. The fourth-order valence-electron chi connectivity index (χ4n) is 2.59. The summed E-state index contributed by atoms with van der Waals surface area (Å²) in [5, 5.41) is 0. The number of ether oxygens (including phenoxy) is 1. The van der Waals surface area contributed by atoms with Crippen molar-refractivity contribution < 1.29 is 9.53 Å². The predicted octanol–water partition coefficient (Wildman–Crippen LogP) is 1.47. The van der Waals surface area contributed by atoms with Gasteiger partial charge in [-0.3, -0.25) is 9.69 Å². The van der Waals surface area contributed by atoms with Crippen LogP contribution in [0.15, 0.2) is 0 Å². The largest absolute Gasteiger partial charge is 0.376 e. The van der Waals surface area contributed by atoms with Crippen molar-refractivity contribution in [2.45, 2.75) is 38.7 Å². The Morgan fingerprint density at radius 3 is 3.07 bits per heavy atom. The van der Waals surface area contributed by atoms with Gasteiger partial charge in [-0.1, -0.05) is 6.92 Å². The van der Waals surface area contributed by atoms with E-state index in [0.717, 1.165) is 51.9 Å². The fourth-order valence-corrected chi connectivity index (χ4v) is 2.59. The second kappa shape index (κ2) is 5.08. The maximum atomic E-state index is 11.5. The molecule has 1 heterocycles. The van der Waals surface area contributed by atoms with E-state index < -0.39 is 0 Å². The molecular weight excluding hydrogens is 190 g/mol. The summed E-state index contributed by atoms with van der Waals surface area (Å²) in [6.07, 6.45) is 4.48. The number of morpholine rings is 1. The van der Waals surface area contributed by atoms with E-state index in [-0.39, 0.29) is 0 Å². The van der Waals surface area contributed by atoms with Crippen LogP contribution in [0.4, 0.5) is 0 Å². The molecule has 0 radical (unpaired) electrons. The van der Waals surface area contributed by atoms with Crippen molar-refractivity contribution >= 4 is 5.78 Å². The van der Waals surface area contributed by atoms with Crippen LogP contribution >= 0.6 is 0 Å². The highest BCUT2D eigenvalue weighted by Gasteiger charge is 2.28. The average Bonchev–Trinajstić information content (AvgIpc) is 2.65. The molecule has 2 unspecified atom stereocenters. The fraction of sp³-hybridized carbons (Fsp3) is 0.917. The first-order chi connectivity index (χ1) is 7.29. The molecule has 0 amide bonds. The Labute approximate surface area is 91.8 Å².